The predicted molar refractivity (Wildman–Crippen MR) is 131 cm³/mol. The third-order valence-corrected chi connectivity index (χ3v) is 5.56. The van der Waals surface area contributed by atoms with Crippen LogP contribution in [0.4, 0.5) is 0 Å². The molecule has 0 saturated heterocycles. The molecule has 4 rings (SSSR count). The monoisotopic (exact) mass is 439 g/mol. The number of aromatic hydroxyl groups is 2. The molecule has 0 aliphatic carbocycles. The maximum absolute atomic E-state index is 13.2. The van der Waals surface area contributed by atoms with E-state index in [1.807, 2.05) is 37.3 Å². The SMILES string of the molecule is CCc1ccc(-c2cc(C(=O)NN=C(C)c3cc(O)ccc3O)c3cc(C)ccc3n2)cc1. The van der Waals surface area contributed by atoms with E-state index in [1.165, 1.54) is 23.8 Å². The van der Waals surface area contributed by atoms with E-state index in [-0.39, 0.29) is 11.5 Å². The zero-order chi connectivity index (χ0) is 23.5. The average molecular weight is 440 g/mol. The summed E-state index contributed by atoms with van der Waals surface area (Å²) in [6, 6.07) is 19.9. The third kappa shape index (κ3) is 4.70. The number of carbonyl (C=O) groups is 1. The van der Waals surface area contributed by atoms with Crippen LogP contribution in [0.3, 0.4) is 0 Å². The summed E-state index contributed by atoms with van der Waals surface area (Å²) in [6.45, 7) is 5.71. The normalized spacial score (nSPS) is 11.5. The number of rotatable bonds is 5. The van der Waals surface area contributed by atoms with Gasteiger partial charge in [0.05, 0.1) is 22.5 Å². The van der Waals surface area contributed by atoms with E-state index < -0.39 is 5.91 Å². The first-order valence-electron chi connectivity index (χ1n) is 10.7. The van der Waals surface area contributed by atoms with Crippen molar-refractivity contribution in [3.63, 3.8) is 0 Å². The quantitative estimate of drug-likeness (QED) is 0.222. The number of amides is 1. The van der Waals surface area contributed by atoms with Gasteiger partial charge in [-0.05, 0) is 62.2 Å². The Balaban J connectivity index is 1.74. The average Bonchev–Trinajstić information content (AvgIpc) is 2.83. The summed E-state index contributed by atoms with van der Waals surface area (Å²) < 4.78 is 0. The minimum atomic E-state index is -0.390. The molecule has 1 aromatic heterocycles. The predicted octanol–water partition coefficient (Wildman–Crippen LogP) is 5.34. The second kappa shape index (κ2) is 9.12. The molecule has 0 aliphatic rings. The molecule has 0 unspecified atom stereocenters. The van der Waals surface area contributed by atoms with Crippen LogP contribution in [-0.2, 0) is 6.42 Å². The van der Waals surface area contributed by atoms with Crippen LogP contribution < -0.4 is 5.43 Å². The lowest BCUT2D eigenvalue weighted by Crippen LogP contribution is -2.20. The van der Waals surface area contributed by atoms with Crippen LogP contribution in [0.5, 0.6) is 11.5 Å². The molecule has 6 heteroatoms. The van der Waals surface area contributed by atoms with Gasteiger partial charge in [0.25, 0.3) is 5.91 Å². The summed E-state index contributed by atoms with van der Waals surface area (Å²) in [5.74, 6) is -0.428. The molecule has 0 aliphatic heterocycles. The van der Waals surface area contributed by atoms with Gasteiger partial charge in [0.2, 0.25) is 0 Å². The highest BCUT2D eigenvalue weighted by molar-refractivity contribution is 6.08. The van der Waals surface area contributed by atoms with Gasteiger partial charge in [-0.3, -0.25) is 4.79 Å². The van der Waals surface area contributed by atoms with E-state index in [2.05, 4.69) is 29.6 Å². The van der Waals surface area contributed by atoms with E-state index in [4.69, 9.17) is 4.98 Å². The first-order valence-corrected chi connectivity index (χ1v) is 10.7. The molecule has 6 nitrogen and oxygen atoms in total. The number of benzene rings is 3. The smallest absolute Gasteiger partial charge is 0.272 e. The Morgan fingerprint density at radius 1 is 0.970 bits per heavy atom. The molecule has 0 atom stereocenters. The van der Waals surface area contributed by atoms with Crippen LogP contribution in [0.15, 0.2) is 71.8 Å². The fourth-order valence-electron chi connectivity index (χ4n) is 3.66. The second-order valence-electron chi connectivity index (χ2n) is 7.97. The van der Waals surface area contributed by atoms with Gasteiger partial charge in [0.1, 0.15) is 11.5 Å². The van der Waals surface area contributed by atoms with E-state index in [0.29, 0.717) is 28.0 Å². The standard InChI is InChI=1S/C27H25N3O3/c1-4-18-6-8-19(9-7-18)25-15-23(22-13-16(2)5-11-24(22)28-25)27(33)30-29-17(3)21-14-20(31)10-12-26(21)32/h5-15,31-32H,4H2,1-3H3,(H,30,33). The van der Waals surface area contributed by atoms with Crippen LogP contribution in [0.25, 0.3) is 22.2 Å². The lowest BCUT2D eigenvalue weighted by Gasteiger charge is -2.11. The van der Waals surface area contributed by atoms with E-state index in [1.54, 1.807) is 13.0 Å². The number of carbonyl (C=O) groups excluding carboxylic acids is 1. The van der Waals surface area contributed by atoms with Crippen molar-refractivity contribution < 1.29 is 15.0 Å². The Hall–Kier alpha value is -4.19. The largest absolute Gasteiger partial charge is 0.508 e. The molecular weight excluding hydrogens is 414 g/mol. The Kier molecular flexibility index (Phi) is 6.09. The molecular formula is C27H25N3O3. The Morgan fingerprint density at radius 2 is 1.73 bits per heavy atom. The first kappa shape index (κ1) is 22.0. The molecule has 0 fully saturated rings. The maximum Gasteiger partial charge on any atom is 0.272 e. The van der Waals surface area contributed by atoms with Crippen molar-refractivity contribution in [1.29, 1.82) is 0 Å². The molecule has 3 aromatic carbocycles. The molecule has 1 heterocycles. The van der Waals surface area contributed by atoms with Crippen molar-refractivity contribution in [2.45, 2.75) is 27.2 Å². The Bertz CT molecular complexity index is 1380. The Morgan fingerprint density at radius 3 is 2.45 bits per heavy atom. The van der Waals surface area contributed by atoms with Crippen molar-refractivity contribution >= 4 is 22.5 Å². The number of hydrazone groups is 1. The molecule has 1 amide bonds. The third-order valence-electron chi connectivity index (χ3n) is 5.56. The fourth-order valence-corrected chi connectivity index (χ4v) is 3.66. The summed E-state index contributed by atoms with van der Waals surface area (Å²) in [7, 11) is 0. The Labute approximate surface area is 192 Å². The molecule has 0 saturated carbocycles. The molecule has 33 heavy (non-hydrogen) atoms. The summed E-state index contributed by atoms with van der Waals surface area (Å²) >= 11 is 0. The van der Waals surface area contributed by atoms with E-state index in [9.17, 15) is 15.0 Å². The highest BCUT2D eigenvalue weighted by atomic mass is 16.3. The van der Waals surface area contributed by atoms with Crippen LogP contribution in [-0.4, -0.2) is 26.8 Å². The summed E-state index contributed by atoms with van der Waals surface area (Å²) in [6.07, 6.45) is 0.949. The minimum Gasteiger partial charge on any atom is -0.508 e. The maximum atomic E-state index is 13.2. The highest BCUT2D eigenvalue weighted by Gasteiger charge is 2.15. The molecule has 166 valence electrons. The summed E-state index contributed by atoms with van der Waals surface area (Å²) in [5.41, 5.74) is 8.32. The number of pyridine rings is 1. The number of phenolic OH excluding ortho intramolecular Hbond substituents is 2. The fraction of sp³-hybridized carbons (Fsp3) is 0.148. The summed E-state index contributed by atoms with van der Waals surface area (Å²) in [5, 5.41) is 24.6. The van der Waals surface area contributed by atoms with Gasteiger partial charge >= 0.3 is 0 Å². The number of aryl methyl sites for hydroxylation is 2. The summed E-state index contributed by atoms with van der Waals surface area (Å²) in [4.78, 5) is 18.0. The van der Waals surface area contributed by atoms with Crippen molar-refractivity contribution in [3.05, 3.63) is 89.0 Å². The van der Waals surface area contributed by atoms with Gasteiger partial charge in [0, 0.05) is 16.5 Å². The van der Waals surface area contributed by atoms with Gasteiger partial charge < -0.3 is 10.2 Å². The van der Waals surface area contributed by atoms with E-state index in [0.717, 1.165) is 22.9 Å². The number of phenols is 2. The van der Waals surface area contributed by atoms with Crippen LogP contribution in [0, 0.1) is 6.92 Å². The molecule has 0 radical (unpaired) electrons. The highest BCUT2D eigenvalue weighted by Crippen LogP contribution is 2.27. The zero-order valence-corrected chi connectivity index (χ0v) is 18.8. The first-order chi connectivity index (χ1) is 15.9. The van der Waals surface area contributed by atoms with Crippen molar-refractivity contribution in [1.82, 2.24) is 10.4 Å². The van der Waals surface area contributed by atoms with Crippen molar-refractivity contribution in [2.24, 2.45) is 5.10 Å². The second-order valence-corrected chi connectivity index (χ2v) is 7.97. The minimum absolute atomic E-state index is 0.00184. The topological polar surface area (TPSA) is 94.8 Å². The molecule has 0 bridgehead atoms. The number of hydrogen-bond donors (Lipinski definition) is 3. The number of nitrogens with zero attached hydrogens (tertiary/aromatic N) is 2. The number of nitrogens with one attached hydrogen (secondary N) is 1. The van der Waals surface area contributed by atoms with Gasteiger partial charge in [-0.25, -0.2) is 10.4 Å². The lowest BCUT2D eigenvalue weighted by molar-refractivity contribution is 0.0956. The van der Waals surface area contributed by atoms with Gasteiger partial charge in [-0.2, -0.15) is 5.10 Å². The zero-order valence-electron chi connectivity index (χ0n) is 18.8. The van der Waals surface area contributed by atoms with Crippen LogP contribution in [0.1, 0.15) is 40.9 Å². The molecule has 3 N–H and O–H groups in total. The van der Waals surface area contributed by atoms with Gasteiger partial charge in [-0.15, -0.1) is 0 Å². The van der Waals surface area contributed by atoms with Crippen LogP contribution >= 0.6 is 0 Å². The molecule has 0 spiro atoms. The number of fused-ring (bicyclic) bond motifs is 1. The molecule has 4 aromatic rings. The number of aromatic nitrogens is 1. The van der Waals surface area contributed by atoms with Crippen LogP contribution in [0.2, 0.25) is 0 Å². The van der Waals surface area contributed by atoms with E-state index >= 15 is 0 Å². The number of hydrogen-bond acceptors (Lipinski definition) is 5. The van der Waals surface area contributed by atoms with Gasteiger partial charge in [0.15, 0.2) is 0 Å². The van der Waals surface area contributed by atoms with Crippen molar-refractivity contribution in [2.75, 3.05) is 0 Å². The lowest BCUT2D eigenvalue weighted by atomic mass is 10.0. The van der Waals surface area contributed by atoms with Gasteiger partial charge in [-0.1, -0.05) is 42.8 Å². The van der Waals surface area contributed by atoms with Crippen molar-refractivity contribution in [3.8, 4) is 22.8 Å².